The van der Waals surface area contributed by atoms with E-state index in [-0.39, 0.29) is 24.1 Å². The summed E-state index contributed by atoms with van der Waals surface area (Å²) in [6, 6.07) is 10.6. The van der Waals surface area contributed by atoms with Gasteiger partial charge in [-0.1, -0.05) is 12.1 Å². The number of amides is 1. The smallest absolute Gasteiger partial charge is 0.274 e. The molecule has 3 aromatic heterocycles. The summed E-state index contributed by atoms with van der Waals surface area (Å²) in [5.41, 5.74) is 1.79. The van der Waals surface area contributed by atoms with Gasteiger partial charge in [0.15, 0.2) is 0 Å². The lowest BCUT2D eigenvalue weighted by atomic mass is 10.2. The lowest BCUT2D eigenvalue weighted by molar-refractivity contribution is 0.103. The lowest BCUT2D eigenvalue weighted by Gasteiger charge is -2.13. The molecule has 0 saturated carbocycles. The first-order chi connectivity index (χ1) is 14.4. The van der Waals surface area contributed by atoms with E-state index in [9.17, 15) is 9.59 Å². The van der Waals surface area contributed by atoms with E-state index in [1.165, 1.54) is 21.9 Å². The Balaban J connectivity index is 1.56. The lowest BCUT2D eigenvalue weighted by Crippen LogP contribution is -2.23. The highest BCUT2D eigenvalue weighted by Gasteiger charge is 2.13. The van der Waals surface area contributed by atoms with Gasteiger partial charge in [0.1, 0.15) is 18.7 Å². The van der Waals surface area contributed by atoms with Gasteiger partial charge >= 0.3 is 0 Å². The number of nitrogens with zero attached hydrogens (tertiary/aromatic N) is 4. The summed E-state index contributed by atoms with van der Waals surface area (Å²) in [6.07, 6.45) is 1.59. The average Bonchev–Trinajstić information content (AvgIpc) is 3.37. The van der Waals surface area contributed by atoms with Gasteiger partial charge in [-0.3, -0.25) is 14.3 Å². The number of aryl methyl sites for hydroxylation is 1. The first-order valence-corrected chi connectivity index (χ1v) is 10.3. The minimum Gasteiger partial charge on any atom is -0.485 e. The standard InChI is InChI=1S/C21H21N5O3S/c1-13(2)25-12-22-21-23-15(10-19(27)26(21)25)11-29-17-7-6-14(3)9-16(17)24-20(28)18-5-4-8-30-18/h4-10,12-13H,11H2,1-3H3,(H,24,28). The number of rotatable bonds is 6. The Morgan fingerprint density at radius 1 is 1.27 bits per heavy atom. The van der Waals surface area contributed by atoms with Gasteiger partial charge < -0.3 is 10.1 Å². The molecule has 3 heterocycles. The van der Waals surface area contributed by atoms with E-state index in [1.807, 2.05) is 44.4 Å². The minimum atomic E-state index is -0.222. The highest BCUT2D eigenvalue weighted by Crippen LogP contribution is 2.27. The molecule has 0 radical (unpaired) electrons. The summed E-state index contributed by atoms with van der Waals surface area (Å²) in [4.78, 5) is 34.2. The van der Waals surface area contributed by atoms with Crippen LogP contribution in [-0.2, 0) is 6.61 Å². The molecule has 30 heavy (non-hydrogen) atoms. The number of thiophene rings is 1. The van der Waals surface area contributed by atoms with Crippen LogP contribution in [0.2, 0.25) is 0 Å². The van der Waals surface area contributed by atoms with Crippen molar-refractivity contribution in [1.82, 2.24) is 19.2 Å². The molecule has 0 saturated heterocycles. The van der Waals surface area contributed by atoms with Crippen molar-refractivity contribution in [3.63, 3.8) is 0 Å². The van der Waals surface area contributed by atoms with E-state index in [0.29, 0.717) is 27.8 Å². The van der Waals surface area contributed by atoms with Crippen molar-refractivity contribution >= 4 is 28.7 Å². The molecule has 0 atom stereocenters. The quantitative estimate of drug-likeness (QED) is 0.511. The van der Waals surface area contributed by atoms with E-state index in [0.717, 1.165) is 5.56 Å². The Morgan fingerprint density at radius 3 is 2.83 bits per heavy atom. The predicted molar refractivity (Wildman–Crippen MR) is 115 cm³/mol. The number of anilines is 1. The number of fused-ring (bicyclic) bond motifs is 1. The molecule has 0 fully saturated rings. The van der Waals surface area contributed by atoms with E-state index >= 15 is 0 Å². The molecule has 4 aromatic rings. The van der Waals surface area contributed by atoms with Crippen LogP contribution in [0.3, 0.4) is 0 Å². The molecule has 0 unspecified atom stereocenters. The average molecular weight is 423 g/mol. The van der Waals surface area contributed by atoms with E-state index in [2.05, 4.69) is 15.3 Å². The van der Waals surface area contributed by atoms with Crippen LogP contribution in [0.1, 0.15) is 40.8 Å². The number of carbonyl (C=O) groups is 1. The maximum atomic E-state index is 12.5. The maximum Gasteiger partial charge on any atom is 0.274 e. The molecule has 1 aromatic carbocycles. The van der Waals surface area contributed by atoms with E-state index < -0.39 is 0 Å². The first kappa shape index (κ1) is 19.8. The Bertz CT molecular complexity index is 1260. The van der Waals surface area contributed by atoms with Crippen molar-refractivity contribution in [3.05, 3.63) is 74.6 Å². The SMILES string of the molecule is Cc1ccc(OCc2cc(=O)n3c(ncn3C(C)C)n2)c(NC(=O)c2cccs2)c1. The van der Waals surface area contributed by atoms with Gasteiger partial charge in [0, 0.05) is 12.1 Å². The van der Waals surface area contributed by atoms with Crippen LogP contribution in [-0.4, -0.2) is 25.1 Å². The normalized spacial score (nSPS) is 11.2. The fourth-order valence-electron chi connectivity index (χ4n) is 3.02. The molecule has 8 nitrogen and oxygen atoms in total. The molecular formula is C21H21N5O3S. The predicted octanol–water partition coefficient (Wildman–Crippen LogP) is 3.67. The molecule has 0 aliphatic carbocycles. The summed E-state index contributed by atoms with van der Waals surface area (Å²) in [5, 5.41) is 4.74. The van der Waals surface area contributed by atoms with Crippen molar-refractivity contribution in [2.24, 2.45) is 0 Å². The van der Waals surface area contributed by atoms with Gasteiger partial charge in [-0.05, 0) is 49.9 Å². The maximum absolute atomic E-state index is 12.5. The monoisotopic (exact) mass is 423 g/mol. The molecule has 0 bridgehead atoms. The van der Waals surface area contributed by atoms with Crippen LogP contribution >= 0.6 is 11.3 Å². The Morgan fingerprint density at radius 2 is 2.10 bits per heavy atom. The Kier molecular flexibility index (Phi) is 5.37. The second kappa shape index (κ2) is 8.11. The largest absolute Gasteiger partial charge is 0.485 e. The number of carbonyl (C=O) groups excluding carboxylic acids is 1. The Labute approximate surface area is 176 Å². The number of hydrogen-bond donors (Lipinski definition) is 1. The third-order valence-corrected chi connectivity index (χ3v) is 5.36. The van der Waals surface area contributed by atoms with Gasteiger partial charge in [0.25, 0.3) is 17.2 Å². The van der Waals surface area contributed by atoms with Crippen LogP contribution in [0.15, 0.2) is 52.9 Å². The van der Waals surface area contributed by atoms with Crippen molar-refractivity contribution in [3.8, 4) is 5.75 Å². The van der Waals surface area contributed by atoms with Crippen molar-refractivity contribution in [2.45, 2.75) is 33.4 Å². The molecule has 9 heteroatoms. The van der Waals surface area contributed by atoms with Gasteiger partial charge in [-0.15, -0.1) is 11.3 Å². The van der Waals surface area contributed by atoms with Gasteiger partial charge in [-0.25, -0.2) is 4.98 Å². The van der Waals surface area contributed by atoms with Crippen molar-refractivity contribution < 1.29 is 9.53 Å². The number of nitrogens with one attached hydrogen (secondary N) is 1. The molecule has 0 aliphatic heterocycles. The number of aromatic nitrogens is 4. The summed E-state index contributed by atoms with van der Waals surface area (Å²) in [6.45, 7) is 5.94. The third-order valence-electron chi connectivity index (χ3n) is 4.49. The first-order valence-electron chi connectivity index (χ1n) is 9.46. The van der Waals surface area contributed by atoms with Crippen LogP contribution in [0.25, 0.3) is 5.78 Å². The Hall–Kier alpha value is -3.46. The molecular weight excluding hydrogens is 402 g/mol. The van der Waals surface area contributed by atoms with Crippen molar-refractivity contribution in [2.75, 3.05) is 5.32 Å². The fraction of sp³-hybridized carbons (Fsp3) is 0.238. The van der Waals surface area contributed by atoms with Crippen LogP contribution in [0, 0.1) is 6.92 Å². The zero-order valence-electron chi connectivity index (χ0n) is 16.8. The number of hydrogen-bond acceptors (Lipinski definition) is 6. The second-order valence-corrected chi connectivity index (χ2v) is 8.08. The van der Waals surface area contributed by atoms with E-state index in [4.69, 9.17) is 4.74 Å². The molecule has 1 amide bonds. The minimum absolute atomic E-state index is 0.0746. The van der Waals surface area contributed by atoms with Gasteiger partial charge in [0.2, 0.25) is 0 Å². The highest BCUT2D eigenvalue weighted by molar-refractivity contribution is 7.12. The molecule has 1 N–H and O–H groups in total. The number of benzene rings is 1. The molecule has 154 valence electrons. The zero-order valence-corrected chi connectivity index (χ0v) is 17.6. The number of ether oxygens (including phenoxy) is 1. The van der Waals surface area contributed by atoms with Crippen molar-refractivity contribution in [1.29, 1.82) is 0 Å². The zero-order chi connectivity index (χ0) is 21.3. The topological polar surface area (TPSA) is 90.5 Å². The summed E-state index contributed by atoms with van der Waals surface area (Å²) < 4.78 is 9.06. The summed E-state index contributed by atoms with van der Waals surface area (Å²) >= 11 is 1.37. The third kappa shape index (κ3) is 3.97. The van der Waals surface area contributed by atoms with Crippen LogP contribution in [0.5, 0.6) is 5.75 Å². The second-order valence-electron chi connectivity index (χ2n) is 7.14. The van der Waals surface area contributed by atoms with Gasteiger partial charge in [-0.2, -0.15) is 9.50 Å². The summed E-state index contributed by atoms with van der Waals surface area (Å²) in [5.74, 6) is 0.627. The highest BCUT2D eigenvalue weighted by atomic mass is 32.1. The molecule has 4 rings (SSSR count). The summed E-state index contributed by atoms with van der Waals surface area (Å²) in [7, 11) is 0. The fourth-order valence-corrected chi connectivity index (χ4v) is 3.64. The van der Waals surface area contributed by atoms with Crippen LogP contribution < -0.4 is 15.6 Å². The van der Waals surface area contributed by atoms with Crippen LogP contribution in [0.4, 0.5) is 5.69 Å². The van der Waals surface area contributed by atoms with Gasteiger partial charge in [0.05, 0.1) is 16.3 Å². The molecule has 0 aliphatic rings. The molecule has 0 spiro atoms. The van der Waals surface area contributed by atoms with E-state index in [1.54, 1.807) is 23.1 Å².